The molecule has 0 aliphatic heterocycles. The van der Waals surface area contributed by atoms with Crippen LogP contribution in [-0.2, 0) is 0 Å². The van der Waals surface area contributed by atoms with Gasteiger partial charge in [-0.15, -0.1) is 5.11 Å². The predicted molar refractivity (Wildman–Crippen MR) is 85.3 cm³/mol. The fourth-order valence-electron chi connectivity index (χ4n) is 1.79. The molecule has 1 heterocycles. The highest BCUT2D eigenvalue weighted by molar-refractivity contribution is 7.99. The van der Waals surface area contributed by atoms with Gasteiger partial charge in [0, 0.05) is 5.75 Å². The van der Waals surface area contributed by atoms with Crippen molar-refractivity contribution < 1.29 is 5.11 Å². The van der Waals surface area contributed by atoms with Crippen LogP contribution in [0.5, 0.6) is 5.88 Å². The fraction of sp³-hybridized carbons (Fsp3) is 0.333. The van der Waals surface area contributed by atoms with Gasteiger partial charge in [-0.05, 0) is 37.8 Å². The van der Waals surface area contributed by atoms with Gasteiger partial charge in [0.2, 0.25) is 11.6 Å². The van der Waals surface area contributed by atoms with Crippen molar-refractivity contribution in [1.82, 2.24) is 9.97 Å². The summed E-state index contributed by atoms with van der Waals surface area (Å²) in [4.78, 5) is 18.6. The molecule has 6 nitrogen and oxygen atoms in total. The monoisotopic (exact) mass is 316 g/mol. The van der Waals surface area contributed by atoms with Crippen LogP contribution in [0.2, 0.25) is 0 Å². The van der Waals surface area contributed by atoms with Crippen LogP contribution in [0.4, 0.5) is 11.4 Å². The van der Waals surface area contributed by atoms with Crippen molar-refractivity contribution in [3.63, 3.8) is 0 Å². The van der Waals surface area contributed by atoms with Crippen molar-refractivity contribution >= 4 is 23.1 Å². The number of rotatable bonds is 5. The van der Waals surface area contributed by atoms with E-state index in [4.69, 9.17) is 0 Å². The molecule has 0 atom stereocenters. The molecule has 3 rings (SSSR count). The smallest absolute Gasteiger partial charge is 0.283 e. The minimum atomic E-state index is -0.485. The molecule has 1 aliphatic rings. The molecule has 0 saturated heterocycles. The number of hydrogen-bond acceptors (Lipinski definition) is 6. The fourth-order valence-corrected chi connectivity index (χ4v) is 2.84. The number of hydrogen-bond donors (Lipinski definition) is 2. The molecule has 1 aromatic heterocycles. The van der Waals surface area contributed by atoms with E-state index in [9.17, 15) is 9.90 Å². The van der Waals surface area contributed by atoms with E-state index in [-0.39, 0.29) is 5.69 Å². The standard InChI is InChI=1S/C15H16N4O2S/c1-9-2-6-11(7-3-9)18-19-12-13(20)16-15(17-14(12)21)22-8-10-4-5-10/h2-3,6-7,10H,4-5,8H2,1H3,(H2,16,17,20,21). The first-order chi connectivity index (χ1) is 10.6. The zero-order valence-corrected chi connectivity index (χ0v) is 12.9. The summed E-state index contributed by atoms with van der Waals surface area (Å²) >= 11 is 1.45. The highest BCUT2D eigenvalue weighted by Crippen LogP contribution is 2.34. The molecule has 0 radical (unpaired) electrons. The summed E-state index contributed by atoms with van der Waals surface area (Å²) < 4.78 is 0. The van der Waals surface area contributed by atoms with Crippen molar-refractivity contribution in [2.75, 3.05) is 5.75 Å². The summed E-state index contributed by atoms with van der Waals surface area (Å²) in [6.07, 6.45) is 2.46. The molecule has 0 spiro atoms. The third-order valence-corrected chi connectivity index (χ3v) is 4.41. The van der Waals surface area contributed by atoms with E-state index < -0.39 is 11.4 Å². The van der Waals surface area contributed by atoms with Crippen molar-refractivity contribution in [2.45, 2.75) is 24.9 Å². The zero-order valence-electron chi connectivity index (χ0n) is 12.1. The first kappa shape index (κ1) is 14.8. The zero-order chi connectivity index (χ0) is 15.5. The van der Waals surface area contributed by atoms with Gasteiger partial charge in [0.1, 0.15) is 0 Å². The van der Waals surface area contributed by atoms with Gasteiger partial charge < -0.3 is 5.11 Å². The first-order valence-electron chi connectivity index (χ1n) is 7.06. The van der Waals surface area contributed by atoms with Gasteiger partial charge in [0.05, 0.1) is 5.69 Å². The Hall–Kier alpha value is -2.15. The highest BCUT2D eigenvalue weighted by atomic mass is 32.2. The van der Waals surface area contributed by atoms with Gasteiger partial charge in [-0.1, -0.05) is 29.5 Å². The predicted octanol–water partition coefficient (Wildman–Crippen LogP) is 3.70. The molecular weight excluding hydrogens is 300 g/mol. The molecule has 7 heteroatoms. The largest absolute Gasteiger partial charge is 0.491 e. The lowest BCUT2D eigenvalue weighted by molar-refractivity contribution is 0.445. The molecular formula is C15H16N4O2S. The SMILES string of the molecule is Cc1ccc(N=Nc2c(O)nc(SCC3CC3)[nH]c2=O)cc1. The van der Waals surface area contributed by atoms with Crippen molar-refractivity contribution in [2.24, 2.45) is 16.1 Å². The minimum Gasteiger partial charge on any atom is -0.491 e. The van der Waals surface area contributed by atoms with Crippen LogP contribution in [-0.4, -0.2) is 20.8 Å². The van der Waals surface area contributed by atoms with Crippen molar-refractivity contribution in [1.29, 1.82) is 0 Å². The maximum atomic E-state index is 12.0. The average Bonchev–Trinajstić information content (AvgIpc) is 3.30. The Morgan fingerprint density at radius 3 is 2.68 bits per heavy atom. The van der Waals surface area contributed by atoms with Crippen LogP contribution in [0, 0.1) is 12.8 Å². The summed E-state index contributed by atoms with van der Waals surface area (Å²) in [6, 6.07) is 7.37. The summed E-state index contributed by atoms with van der Waals surface area (Å²) in [5.74, 6) is 1.23. The van der Waals surface area contributed by atoms with Crippen molar-refractivity contribution in [3.8, 4) is 5.88 Å². The molecule has 1 aromatic carbocycles. The van der Waals surface area contributed by atoms with Crippen LogP contribution >= 0.6 is 11.8 Å². The third kappa shape index (κ3) is 3.73. The maximum Gasteiger partial charge on any atom is 0.283 e. The second kappa shape index (κ2) is 6.31. The number of nitrogens with zero attached hydrogens (tertiary/aromatic N) is 3. The Kier molecular flexibility index (Phi) is 4.24. The van der Waals surface area contributed by atoms with Crippen LogP contribution in [0.15, 0.2) is 44.4 Å². The van der Waals surface area contributed by atoms with Gasteiger partial charge >= 0.3 is 0 Å². The van der Waals surface area contributed by atoms with Crippen LogP contribution < -0.4 is 5.56 Å². The lowest BCUT2D eigenvalue weighted by Gasteiger charge is -2.01. The molecule has 1 aliphatic carbocycles. The number of nitrogens with one attached hydrogen (secondary N) is 1. The third-order valence-electron chi connectivity index (χ3n) is 3.31. The average molecular weight is 316 g/mol. The molecule has 22 heavy (non-hydrogen) atoms. The lowest BCUT2D eigenvalue weighted by Crippen LogP contribution is -2.08. The highest BCUT2D eigenvalue weighted by Gasteiger charge is 2.22. The number of H-pyrrole nitrogens is 1. The second-order valence-corrected chi connectivity index (χ2v) is 6.34. The summed E-state index contributed by atoms with van der Waals surface area (Å²) in [5.41, 5.74) is 1.06. The van der Waals surface area contributed by atoms with Crippen LogP contribution in [0.25, 0.3) is 0 Å². The van der Waals surface area contributed by atoms with Crippen molar-refractivity contribution in [3.05, 3.63) is 40.2 Å². The summed E-state index contributed by atoms with van der Waals surface area (Å²) in [6.45, 7) is 1.97. The van der Waals surface area contributed by atoms with E-state index in [0.717, 1.165) is 11.3 Å². The van der Waals surface area contributed by atoms with Crippen LogP contribution in [0.1, 0.15) is 18.4 Å². The number of azo groups is 1. The number of benzene rings is 1. The molecule has 0 unspecified atom stereocenters. The summed E-state index contributed by atoms with van der Waals surface area (Å²) in [5, 5.41) is 18.1. The Morgan fingerprint density at radius 1 is 1.32 bits per heavy atom. The van der Waals surface area contributed by atoms with E-state index in [0.29, 0.717) is 16.8 Å². The number of thioether (sulfide) groups is 1. The molecule has 114 valence electrons. The number of aryl methyl sites for hydroxylation is 1. The van der Waals surface area contributed by atoms with Gasteiger partial charge in [0.25, 0.3) is 5.56 Å². The first-order valence-corrected chi connectivity index (χ1v) is 8.05. The Bertz CT molecular complexity index is 751. The maximum absolute atomic E-state index is 12.0. The second-order valence-electron chi connectivity index (χ2n) is 5.33. The number of aromatic hydroxyl groups is 1. The van der Waals surface area contributed by atoms with E-state index in [1.54, 1.807) is 12.1 Å². The Labute approximate surface area is 131 Å². The molecule has 2 aromatic rings. The molecule has 0 bridgehead atoms. The Morgan fingerprint density at radius 2 is 2.05 bits per heavy atom. The summed E-state index contributed by atoms with van der Waals surface area (Å²) in [7, 11) is 0. The normalized spacial score (nSPS) is 14.6. The Balaban J connectivity index is 1.77. The molecule has 1 saturated carbocycles. The van der Waals surface area contributed by atoms with E-state index in [2.05, 4.69) is 20.2 Å². The van der Waals surface area contributed by atoms with Gasteiger partial charge in [0.15, 0.2) is 5.16 Å². The van der Waals surface area contributed by atoms with E-state index in [1.807, 2.05) is 19.1 Å². The van der Waals surface area contributed by atoms with E-state index >= 15 is 0 Å². The minimum absolute atomic E-state index is 0.170. The number of aromatic nitrogens is 2. The lowest BCUT2D eigenvalue weighted by atomic mass is 10.2. The van der Waals surface area contributed by atoms with Gasteiger partial charge in [-0.3, -0.25) is 9.78 Å². The quantitative estimate of drug-likeness (QED) is 0.500. The topological polar surface area (TPSA) is 90.7 Å². The molecule has 0 amide bonds. The van der Waals surface area contributed by atoms with E-state index in [1.165, 1.54) is 24.6 Å². The van der Waals surface area contributed by atoms with Crippen LogP contribution in [0.3, 0.4) is 0 Å². The van der Waals surface area contributed by atoms with Gasteiger partial charge in [-0.2, -0.15) is 10.1 Å². The number of aromatic amines is 1. The molecule has 2 N–H and O–H groups in total. The molecule has 1 fully saturated rings. The van der Waals surface area contributed by atoms with Gasteiger partial charge in [-0.25, -0.2) is 0 Å².